The summed E-state index contributed by atoms with van der Waals surface area (Å²) in [5.74, 6) is -0.879. The summed E-state index contributed by atoms with van der Waals surface area (Å²) in [5.41, 5.74) is 0.904. The van der Waals surface area contributed by atoms with Gasteiger partial charge in [-0.3, -0.25) is 0 Å². The first-order chi connectivity index (χ1) is 17.1. The number of esters is 1. The molecule has 0 aliphatic heterocycles. The van der Waals surface area contributed by atoms with Crippen LogP contribution < -0.4 is 9.47 Å². The van der Waals surface area contributed by atoms with Crippen molar-refractivity contribution in [1.82, 2.24) is 18.1 Å². The summed E-state index contributed by atoms with van der Waals surface area (Å²) in [5, 5.41) is 7.72. The zero-order valence-electron chi connectivity index (χ0n) is 19.7. The predicted molar refractivity (Wildman–Crippen MR) is 128 cm³/mol. The Morgan fingerprint density at radius 3 is 2.31 bits per heavy atom. The molecule has 1 aromatic carbocycles. The molecule has 10 nitrogen and oxygen atoms in total. The van der Waals surface area contributed by atoms with Crippen molar-refractivity contribution in [3.05, 3.63) is 35.5 Å². The second kappa shape index (κ2) is 12.5. The van der Waals surface area contributed by atoms with E-state index in [1.54, 1.807) is 48.8 Å². The van der Waals surface area contributed by atoms with Crippen LogP contribution in [0.15, 0.2) is 24.3 Å². The Morgan fingerprint density at radius 1 is 1.08 bits per heavy atom. The highest BCUT2D eigenvalue weighted by Crippen LogP contribution is 2.36. The molecule has 0 spiro atoms. The third-order valence-corrected chi connectivity index (χ3v) is 6.40. The lowest BCUT2D eigenvalue weighted by Crippen LogP contribution is -2.32. The lowest BCUT2D eigenvalue weighted by molar-refractivity contribution is -0.274. The average molecular weight is 626 g/mol. The maximum absolute atomic E-state index is 12.5. The van der Waals surface area contributed by atoms with Crippen molar-refractivity contribution >= 4 is 34.9 Å². The second-order valence-electron chi connectivity index (χ2n) is 7.94. The highest BCUT2D eigenvalue weighted by atomic mass is 127. The van der Waals surface area contributed by atoms with Gasteiger partial charge in [0.2, 0.25) is 12.5 Å². The molecule has 1 saturated carbocycles. The fraction of sp³-hybridized carbons (Fsp3) is 0.545. The molecule has 0 saturated heterocycles. The average Bonchev–Trinajstić information content (AvgIpc) is 3.19. The molecule has 0 bridgehead atoms. The van der Waals surface area contributed by atoms with Crippen LogP contribution in [-0.4, -0.2) is 62.5 Å². The van der Waals surface area contributed by atoms with Gasteiger partial charge in [-0.15, -0.1) is 13.2 Å². The van der Waals surface area contributed by atoms with Gasteiger partial charge in [-0.1, -0.05) is 22.4 Å². The molecule has 14 heteroatoms. The topological polar surface area (TPSA) is 105 Å². The first kappa shape index (κ1) is 27.8. The Kier molecular flexibility index (Phi) is 9.62. The predicted octanol–water partition coefficient (Wildman–Crippen LogP) is 5.07. The largest absolute Gasteiger partial charge is 0.573 e. The third-order valence-electron chi connectivity index (χ3n) is 5.73. The lowest BCUT2D eigenvalue weighted by Gasteiger charge is -2.28. The first-order valence-electron chi connectivity index (χ1n) is 11.3. The van der Waals surface area contributed by atoms with E-state index >= 15 is 0 Å². The third kappa shape index (κ3) is 7.61. The van der Waals surface area contributed by atoms with E-state index in [4.69, 9.17) is 14.2 Å². The summed E-state index contributed by atoms with van der Waals surface area (Å²) in [6.45, 7) is 3.97. The fourth-order valence-corrected chi connectivity index (χ4v) is 4.38. The molecule has 1 heterocycles. The zero-order valence-corrected chi connectivity index (χ0v) is 21.8. The molecule has 1 amide bonds. The number of halogens is 4. The van der Waals surface area contributed by atoms with Crippen LogP contribution in [0.5, 0.6) is 11.6 Å². The van der Waals surface area contributed by atoms with Gasteiger partial charge in [0.15, 0.2) is 0 Å². The highest BCUT2D eigenvalue weighted by molar-refractivity contribution is 14.1. The van der Waals surface area contributed by atoms with E-state index in [-0.39, 0.29) is 29.3 Å². The number of nitrogens with zero attached hydrogens (tertiary/aromatic N) is 4. The van der Waals surface area contributed by atoms with Crippen LogP contribution in [0.1, 0.15) is 61.5 Å². The minimum Gasteiger partial charge on any atom is -0.472 e. The minimum absolute atomic E-state index is 0.0153. The molecule has 0 atom stereocenters. The van der Waals surface area contributed by atoms with Crippen LogP contribution in [0.3, 0.4) is 0 Å². The van der Waals surface area contributed by atoms with Crippen molar-refractivity contribution in [3.63, 3.8) is 0 Å². The van der Waals surface area contributed by atoms with Crippen LogP contribution >= 0.6 is 22.9 Å². The van der Waals surface area contributed by atoms with Crippen molar-refractivity contribution in [2.75, 3.05) is 19.9 Å². The molecule has 1 aliphatic rings. The van der Waals surface area contributed by atoms with Crippen LogP contribution in [0.4, 0.5) is 18.0 Å². The standard InChI is InChI=1S/C22H26F3IN4O6/c1-3-29(4-2)21(32)34-13-33-20(31)18-19(27-28-30(18)26)35-16-9-5-14(6-10-16)15-7-11-17(12-8-15)36-22(23,24)25/h7-8,11-12,14,16H,3-6,9-10,13H2,1-2H3/t14-,16-. The number of carbonyl (C=O) groups is 2. The van der Waals surface area contributed by atoms with E-state index in [2.05, 4.69) is 15.0 Å². The van der Waals surface area contributed by atoms with Crippen molar-refractivity contribution in [3.8, 4) is 11.6 Å². The van der Waals surface area contributed by atoms with Gasteiger partial charge >= 0.3 is 18.4 Å². The highest BCUT2D eigenvalue weighted by Gasteiger charge is 2.32. The normalized spacial score (nSPS) is 17.8. The smallest absolute Gasteiger partial charge is 0.472 e. The number of alkyl halides is 3. The molecule has 1 aromatic heterocycles. The van der Waals surface area contributed by atoms with Gasteiger partial charge in [0.25, 0.3) is 5.88 Å². The Hall–Kier alpha value is -2.78. The number of benzene rings is 1. The van der Waals surface area contributed by atoms with Crippen LogP contribution in [0, 0.1) is 0 Å². The van der Waals surface area contributed by atoms with Crippen LogP contribution in [0.2, 0.25) is 0 Å². The van der Waals surface area contributed by atoms with Gasteiger partial charge < -0.3 is 23.8 Å². The molecule has 0 radical (unpaired) electrons. The molecule has 3 rings (SSSR count). The zero-order chi connectivity index (χ0) is 26.3. The summed E-state index contributed by atoms with van der Waals surface area (Å²) in [7, 11) is 0. The fourth-order valence-electron chi connectivity index (χ4n) is 3.88. The maximum Gasteiger partial charge on any atom is 0.573 e. The minimum atomic E-state index is -4.72. The molecule has 1 fully saturated rings. The van der Waals surface area contributed by atoms with Crippen LogP contribution in [0.25, 0.3) is 0 Å². The maximum atomic E-state index is 12.5. The number of rotatable bonds is 9. The molecule has 2 aromatic rings. The summed E-state index contributed by atoms with van der Waals surface area (Å²) in [6.07, 6.45) is -2.77. The summed E-state index contributed by atoms with van der Waals surface area (Å²) in [6, 6.07) is 5.88. The van der Waals surface area contributed by atoms with Crippen molar-refractivity contribution in [2.45, 2.75) is 57.9 Å². The monoisotopic (exact) mass is 626 g/mol. The number of amides is 1. The molecule has 198 valence electrons. The molecule has 1 aliphatic carbocycles. The Bertz CT molecular complexity index is 1020. The van der Waals surface area contributed by atoms with Crippen molar-refractivity contribution in [2.24, 2.45) is 0 Å². The van der Waals surface area contributed by atoms with Gasteiger partial charge in [-0.05, 0) is 63.1 Å². The number of carbonyl (C=O) groups excluding carboxylic acids is 2. The number of aromatic nitrogens is 3. The second-order valence-corrected chi connectivity index (χ2v) is 8.86. The summed E-state index contributed by atoms with van der Waals surface area (Å²) < 4.78 is 58.1. The van der Waals surface area contributed by atoms with E-state index in [1.807, 2.05) is 0 Å². The number of hydrogen-bond donors (Lipinski definition) is 0. The Morgan fingerprint density at radius 2 is 1.72 bits per heavy atom. The molecule has 0 unspecified atom stereocenters. The van der Waals surface area contributed by atoms with Gasteiger partial charge in [0, 0.05) is 13.1 Å². The van der Waals surface area contributed by atoms with Crippen LogP contribution in [-0.2, 0) is 9.47 Å². The number of hydrogen-bond acceptors (Lipinski definition) is 8. The summed E-state index contributed by atoms with van der Waals surface area (Å²) >= 11 is 1.77. The quantitative estimate of drug-likeness (QED) is 0.216. The van der Waals surface area contributed by atoms with E-state index in [0.717, 1.165) is 18.4 Å². The Balaban J connectivity index is 1.51. The Labute approximate surface area is 219 Å². The first-order valence-corrected chi connectivity index (χ1v) is 12.3. The van der Waals surface area contributed by atoms with Crippen molar-refractivity contribution < 1.29 is 41.7 Å². The molecule has 0 N–H and O–H groups in total. The number of ether oxygens (including phenoxy) is 4. The van der Waals surface area contributed by atoms with E-state index < -0.39 is 25.2 Å². The molecular formula is C22H26F3IN4O6. The van der Waals surface area contributed by atoms with Crippen molar-refractivity contribution in [1.29, 1.82) is 0 Å². The molecular weight excluding hydrogens is 600 g/mol. The van der Waals surface area contributed by atoms with Gasteiger partial charge in [-0.2, -0.15) is 2.90 Å². The molecule has 36 heavy (non-hydrogen) atoms. The van der Waals surface area contributed by atoms with E-state index in [1.165, 1.54) is 19.9 Å². The van der Waals surface area contributed by atoms with Gasteiger partial charge in [0.1, 0.15) is 11.9 Å². The lowest BCUT2D eigenvalue weighted by atomic mass is 9.83. The van der Waals surface area contributed by atoms with E-state index in [9.17, 15) is 22.8 Å². The van der Waals surface area contributed by atoms with Gasteiger partial charge in [-0.25, -0.2) is 9.59 Å². The van der Waals surface area contributed by atoms with E-state index in [0.29, 0.717) is 25.9 Å². The summed E-state index contributed by atoms with van der Waals surface area (Å²) in [4.78, 5) is 25.9. The van der Waals surface area contributed by atoms with Gasteiger partial charge in [0.05, 0.1) is 22.9 Å². The SMILES string of the molecule is CCN(CC)C(=O)OCOC(=O)c1c(O[C@H]2CC[C@H](c3ccc(OC(F)(F)F)cc3)CC2)nnn1I.